The minimum absolute atomic E-state index is 0.0487. The van der Waals surface area contributed by atoms with E-state index in [-0.39, 0.29) is 5.91 Å². The zero-order chi connectivity index (χ0) is 15.1. The molecule has 1 unspecified atom stereocenters. The Bertz CT molecular complexity index is 508. The van der Waals surface area contributed by atoms with Crippen molar-refractivity contribution in [3.8, 4) is 5.75 Å². The van der Waals surface area contributed by atoms with E-state index in [4.69, 9.17) is 4.74 Å². The summed E-state index contributed by atoms with van der Waals surface area (Å²) in [5.74, 6) is 0.756. The van der Waals surface area contributed by atoms with Gasteiger partial charge in [0.15, 0.2) is 6.10 Å². The highest BCUT2D eigenvalue weighted by Gasteiger charge is 2.16. The van der Waals surface area contributed by atoms with Crippen molar-refractivity contribution >= 4 is 5.91 Å². The molecule has 1 atom stereocenters. The van der Waals surface area contributed by atoms with Crippen molar-refractivity contribution in [1.29, 1.82) is 0 Å². The number of hydrogen-bond acceptors (Lipinski definition) is 2. The Balaban J connectivity index is 1.86. The third kappa shape index (κ3) is 4.62. The monoisotopic (exact) mass is 287 g/mol. The summed E-state index contributed by atoms with van der Waals surface area (Å²) in [6.45, 7) is 4.54. The summed E-state index contributed by atoms with van der Waals surface area (Å²) >= 11 is 0. The maximum absolute atomic E-state index is 12.1. The topological polar surface area (TPSA) is 38.3 Å². The van der Waals surface area contributed by atoms with Crippen molar-refractivity contribution in [2.45, 2.75) is 52.1 Å². The number of hydrogen-bond donors (Lipinski definition) is 1. The molecular formula is C18H25NO2. The average Bonchev–Trinajstić information content (AvgIpc) is 2.54. The molecule has 2 rings (SSSR count). The summed E-state index contributed by atoms with van der Waals surface area (Å²) in [5.41, 5.74) is 2.47. The van der Waals surface area contributed by atoms with Gasteiger partial charge in [0.05, 0.1) is 0 Å². The summed E-state index contributed by atoms with van der Waals surface area (Å²) in [4.78, 5) is 12.1. The predicted octanol–water partition coefficient (Wildman–Crippen LogP) is 3.63. The number of carbonyl (C=O) groups is 1. The lowest BCUT2D eigenvalue weighted by Crippen LogP contribution is -2.37. The van der Waals surface area contributed by atoms with Gasteiger partial charge in [-0.05, 0) is 50.7 Å². The summed E-state index contributed by atoms with van der Waals surface area (Å²) in [6, 6.07) is 7.89. The quantitative estimate of drug-likeness (QED) is 0.811. The minimum atomic E-state index is -0.470. The van der Waals surface area contributed by atoms with E-state index < -0.39 is 6.10 Å². The average molecular weight is 287 g/mol. The molecule has 1 amide bonds. The molecule has 0 saturated heterocycles. The zero-order valence-electron chi connectivity index (χ0n) is 13.0. The molecule has 3 heteroatoms. The summed E-state index contributed by atoms with van der Waals surface area (Å²) < 4.78 is 5.81. The van der Waals surface area contributed by atoms with E-state index in [9.17, 15) is 4.79 Å². The van der Waals surface area contributed by atoms with Gasteiger partial charge in [-0.15, -0.1) is 0 Å². The first kappa shape index (κ1) is 15.6. The fourth-order valence-electron chi connectivity index (χ4n) is 2.56. The third-order valence-electron chi connectivity index (χ3n) is 3.90. The molecule has 1 aromatic carbocycles. The summed E-state index contributed by atoms with van der Waals surface area (Å²) in [7, 11) is 0. The van der Waals surface area contributed by atoms with Crippen LogP contribution in [0.1, 0.15) is 45.1 Å². The fourth-order valence-corrected chi connectivity index (χ4v) is 2.56. The number of allylic oxidation sites excluding steroid dienone is 1. The Hall–Kier alpha value is -1.77. The Labute approximate surface area is 127 Å². The Morgan fingerprint density at radius 1 is 1.33 bits per heavy atom. The second kappa shape index (κ2) is 7.87. The van der Waals surface area contributed by atoms with Crippen LogP contribution in [-0.4, -0.2) is 18.6 Å². The molecule has 1 aliphatic carbocycles. The first-order chi connectivity index (χ1) is 10.2. The van der Waals surface area contributed by atoms with Crippen LogP contribution in [0.2, 0.25) is 0 Å². The van der Waals surface area contributed by atoms with Gasteiger partial charge in [0, 0.05) is 6.54 Å². The van der Waals surface area contributed by atoms with Crippen LogP contribution in [-0.2, 0) is 11.2 Å². The number of amides is 1. The van der Waals surface area contributed by atoms with E-state index in [0.29, 0.717) is 6.54 Å². The number of para-hydroxylation sites is 1. The van der Waals surface area contributed by atoms with Crippen LogP contribution < -0.4 is 10.1 Å². The van der Waals surface area contributed by atoms with E-state index in [1.54, 1.807) is 6.92 Å². The molecule has 0 aromatic heterocycles. The number of benzene rings is 1. The van der Waals surface area contributed by atoms with Crippen LogP contribution in [0, 0.1) is 0 Å². The SMILES string of the molecule is CCc1ccccc1OC(C)C(=O)NCC1=CCCCC1. The number of carbonyl (C=O) groups excluding carboxylic acids is 1. The van der Waals surface area contributed by atoms with Gasteiger partial charge >= 0.3 is 0 Å². The van der Waals surface area contributed by atoms with E-state index in [1.165, 1.54) is 18.4 Å². The molecule has 1 N–H and O–H groups in total. The lowest BCUT2D eigenvalue weighted by Gasteiger charge is -2.18. The lowest BCUT2D eigenvalue weighted by atomic mass is 10.00. The van der Waals surface area contributed by atoms with Gasteiger partial charge in [0.25, 0.3) is 5.91 Å². The smallest absolute Gasteiger partial charge is 0.261 e. The predicted molar refractivity (Wildman–Crippen MR) is 85.5 cm³/mol. The molecule has 3 nitrogen and oxygen atoms in total. The van der Waals surface area contributed by atoms with Crippen LogP contribution in [0.15, 0.2) is 35.9 Å². The third-order valence-corrected chi connectivity index (χ3v) is 3.90. The van der Waals surface area contributed by atoms with Crippen LogP contribution in [0.5, 0.6) is 5.75 Å². The van der Waals surface area contributed by atoms with E-state index >= 15 is 0 Å². The molecular weight excluding hydrogens is 262 g/mol. The summed E-state index contributed by atoms with van der Waals surface area (Å²) in [6.07, 6.45) is 7.43. The maximum atomic E-state index is 12.1. The van der Waals surface area contributed by atoms with Crippen molar-refractivity contribution in [2.24, 2.45) is 0 Å². The van der Waals surface area contributed by atoms with Crippen LogP contribution in [0.3, 0.4) is 0 Å². The highest BCUT2D eigenvalue weighted by molar-refractivity contribution is 5.81. The van der Waals surface area contributed by atoms with Gasteiger partial charge in [0.1, 0.15) is 5.75 Å². The second-order valence-electron chi connectivity index (χ2n) is 5.55. The normalized spacial score (nSPS) is 16.0. The van der Waals surface area contributed by atoms with Crippen LogP contribution in [0.25, 0.3) is 0 Å². The van der Waals surface area contributed by atoms with Crippen molar-refractivity contribution in [1.82, 2.24) is 5.32 Å². The van der Waals surface area contributed by atoms with Gasteiger partial charge in [-0.1, -0.05) is 36.8 Å². The highest BCUT2D eigenvalue weighted by Crippen LogP contribution is 2.20. The maximum Gasteiger partial charge on any atom is 0.261 e. The number of aryl methyl sites for hydroxylation is 1. The Morgan fingerprint density at radius 2 is 2.14 bits per heavy atom. The standard InChI is InChI=1S/C18H25NO2/c1-3-16-11-7-8-12-17(16)21-14(2)18(20)19-13-15-9-5-4-6-10-15/h7-9,11-12,14H,3-6,10,13H2,1-2H3,(H,19,20). The van der Waals surface area contributed by atoms with E-state index in [1.807, 2.05) is 24.3 Å². The van der Waals surface area contributed by atoms with Crippen LogP contribution in [0.4, 0.5) is 0 Å². The first-order valence-electron chi connectivity index (χ1n) is 7.91. The van der Waals surface area contributed by atoms with Gasteiger partial charge in [-0.2, -0.15) is 0 Å². The minimum Gasteiger partial charge on any atom is -0.481 e. The van der Waals surface area contributed by atoms with E-state index in [2.05, 4.69) is 18.3 Å². The van der Waals surface area contributed by atoms with Crippen molar-refractivity contribution in [3.05, 3.63) is 41.5 Å². The Kier molecular flexibility index (Phi) is 5.85. The molecule has 0 aliphatic heterocycles. The molecule has 0 bridgehead atoms. The molecule has 0 fully saturated rings. The number of ether oxygens (including phenoxy) is 1. The van der Waals surface area contributed by atoms with Crippen LogP contribution >= 0.6 is 0 Å². The molecule has 114 valence electrons. The molecule has 0 radical (unpaired) electrons. The number of rotatable bonds is 6. The number of nitrogens with one attached hydrogen (secondary N) is 1. The molecule has 21 heavy (non-hydrogen) atoms. The molecule has 0 saturated carbocycles. The first-order valence-corrected chi connectivity index (χ1v) is 7.91. The largest absolute Gasteiger partial charge is 0.481 e. The van der Waals surface area contributed by atoms with Crippen molar-refractivity contribution < 1.29 is 9.53 Å². The van der Waals surface area contributed by atoms with E-state index in [0.717, 1.165) is 30.6 Å². The zero-order valence-corrected chi connectivity index (χ0v) is 13.0. The lowest BCUT2D eigenvalue weighted by molar-refractivity contribution is -0.127. The van der Waals surface area contributed by atoms with Gasteiger partial charge in [0.2, 0.25) is 0 Å². The second-order valence-corrected chi connectivity index (χ2v) is 5.55. The fraction of sp³-hybridized carbons (Fsp3) is 0.500. The van der Waals surface area contributed by atoms with Gasteiger partial charge < -0.3 is 10.1 Å². The summed E-state index contributed by atoms with van der Waals surface area (Å²) in [5, 5.41) is 2.98. The Morgan fingerprint density at radius 3 is 2.86 bits per heavy atom. The molecule has 1 aliphatic rings. The van der Waals surface area contributed by atoms with Crippen molar-refractivity contribution in [3.63, 3.8) is 0 Å². The van der Waals surface area contributed by atoms with Crippen molar-refractivity contribution in [2.75, 3.05) is 6.54 Å². The van der Waals surface area contributed by atoms with Gasteiger partial charge in [-0.25, -0.2) is 0 Å². The molecule has 1 aromatic rings. The van der Waals surface area contributed by atoms with Gasteiger partial charge in [-0.3, -0.25) is 4.79 Å². The highest BCUT2D eigenvalue weighted by atomic mass is 16.5. The molecule has 0 spiro atoms. The molecule has 0 heterocycles.